The maximum Gasteiger partial charge on any atom is 0.450 e. The molecule has 1 N–H and O–H groups in total. The Hall–Kier alpha value is -5.14. The topological polar surface area (TPSA) is 119 Å². The Labute approximate surface area is 318 Å². The van der Waals surface area contributed by atoms with Crippen molar-refractivity contribution in [2.45, 2.75) is 75.3 Å². The highest BCUT2D eigenvalue weighted by Gasteiger charge is 2.51. The lowest BCUT2D eigenvalue weighted by Crippen LogP contribution is -2.62. The first-order valence-electron chi connectivity index (χ1n) is 18.7. The number of piperazine rings is 1. The van der Waals surface area contributed by atoms with Gasteiger partial charge in [-0.2, -0.15) is 23.1 Å². The number of halogens is 5. The lowest BCUT2D eigenvalue weighted by molar-refractivity contribution is -0.177. The molecule has 2 aromatic heterocycles. The normalized spacial score (nSPS) is 24.9. The molecule has 4 aromatic rings. The monoisotopic (exact) mass is 778 g/mol. The highest BCUT2D eigenvalue weighted by Crippen LogP contribution is 2.45. The van der Waals surface area contributed by atoms with Crippen LogP contribution in [0.2, 0.25) is 0 Å². The van der Waals surface area contributed by atoms with Crippen LogP contribution in [0, 0.1) is 29.9 Å². The number of Topliss-reactive ketones (excluding diaryl/α,β-unsaturated/α-hetero) is 1. The summed E-state index contributed by atoms with van der Waals surface area (Å²) in [5, 5.41) is 4.30. The maximum atomic E-state index is 17.3. The minimum Gasteiger partial charge on any atom is -0.477 e. The van der Waals surface area contributed by atoms with Crippen molar-refractivity contribution in [1.29, 1.82) is 0 Å². The summed E-state index contributed by atoms with van der Waals surface area (Å²) in [5.74, 6) is -1.86. The van der Waals surface area contributed by atoms with E-state index >= 15 is 8.78 Å². The summed E-state index contributed by atoms with van der Waals surface area (Å²) in [6, 6.07) is 6.65. The van der Waals surface area contributed by atoms with Gasteiger partial charge in [0.1, 0.15) is 41.4 Å². The molecule has 2 bridgehead atoms. The van der Waals surface area contributed by atoms with Crippen molar-refractivity contribution in [3.05, 3.63) is 47.5 Å². The van der Waals surface area contributed by atoms with Gasteiger partial charge in [-0.25, -0.2) is 13.8 Å². The summed E-state index contributed by atoms with van der Waals surface area (Å²) in [6.07, 6.45) is 3.99. The van der Waals surface area contributed by atoms with Crippen LogP contribution in [-0.2, 0) is 14.3 Å². The van der Waals surface area contributed by atoms with Gasteiger partial charge in [0.25, 0.3) is 6.47 Å². The fourth-order valence-corrected chi connectivity index (χ4v) is 9.38. The number of fused-ring (bicyclic) bond motifs is 5. The van der Waals surface area contributed by atoms with Gasteiger partial charge < -0.3 is 24.4 Å². The van der Waals surface area contributed by atoms with E-state index in [1.165, 1.54) is 6.07 Å². The number of benzene rings is 2. The van der Waals surface area contributed by atoms with Crippen molar-refractivity contribution in [2.75, 3.05) is 44.4 Å². The Kier molecular flexibility index (Phi) is 9.94. The lowest BCUT2D eigenvalue weighted by Gasteiger charge is -2.45. The van der Waals surface area contributed by atoms with Crippen LogP contribution in [0.5, 0.6) is 11.9 Å². The molecule has 8 rings (SSSR count). The fourth-order valence-electron chi connectivity index (χ4n) is 9.38. The SMILES string of the molecule is C#Cc1c(F)ccc2cccc(-c3nc(OCC)c4c(N5CC6CC(C(=O)C(F)(F)F)CC(C5)N6)nc(OCC56CCCN5[C@@H](COC=O)CC6)nc4c3F)c12. The maximum absolute atomic E-state index is 17.3. The van der Waals surface area contributed by atoms with Gasteiger partial charge in [-0.15, -0.1) is 6.42 Å². The van der Waals surface area contributed by atoms with Crippen molar-refractivity contribution < 1.29 is 45.8 Å². The Morgan fingerprint density at radius 1 is 1.07 bits per heavy atom. The van der Waals surface area contributed by atoms with Gasteiger partial charge in [-0.1, -0.05) is 30.2 Å². The second-order valence-electron chi connectivity index (χ2n) is 15.0. The first-order chi connectivity index (χ1) is 26.9. The van der Waals surface area contributed by atoms with Gasteiger partial charge in [-0.3, -0.25) is 14.5 Å². The number of alkyl halides is 3. The molecular formula is C40H39F5N6O5. The predicted octanol–water partition coefficient (Wildman–Crippen LogP) is 5.74. The first kappa shape index (κ1) is 37.8. The number of ether oxygens (including phenoxy) is 3. The summed E-state index contributed by atoms with van der Waals surface area (Å²) in [4.78, 5) is 41.5. The van der Waals surface area contributed by atoms with Crippen LogP contribution in [0.4, 0.5) is 27.8 Å². The van der Waals surface area contributed by atoms with E-state index in [0.29, 0.717) is 11.9 Å². The molecule has 4 fully saturated rings. The predicted molar refractivity (Wildman–Crippen MR) is 195 cm³/mol. The third-order valence-corrected chi connectivity index (χ3v) is 11.7. The number of carbonyl (C=O) groups is 2. The smallest absolute Gasteiger partial charge is 0.450 e. The van der Waals surface area contributed by atoms with E-state index in [1.807, 2.05) is 4.90 Å². The molecular weight excluding hydrogens is 739 g/mol. The zero-order valence-corrected chi connectivity index (χ0v) is 30.5. The number of hydrogen-bond donors (Lipinski definition) is 1. The molecule has 4 saturated heterocycles. The molecule has 4 atom stereocenters. The number of piperidine rings is 1. The Bertz CT molecular complexity index is 2240. The number of pyridine rings is 1. The number of terminal acetylenes is 1. The van der Waals surface area contributed by atoms with E-state index in [0.717, 1.165) is 32.2 Å². The van der Waals surface area contributed by atoms with Crippen molar-refractivity contribution >= 4 is 39.7 Å². The summed E-state index contributed by atoms with van der Waals surface area (Å²) in [5.41, 5.74) is -0.617. The minimum absolute atomic E-state index is 0.0145. The quantitative estimate of drug-likeness (QED) is 0.114. The summed E-state index contributed by atoms with van der Waals surface area (Å²) >= 11 is 0. The highest BCUT2D eigenvalue weighted by molar-refractivity contribution is 6.03. The minimum atomic E-state index is -4.94. The van der Waals surface area contributed by atoms with Gasteiger partial charge >= 0.3 is 12.2 Å². The molecule has 294 valence electrons. The van der Waals surface area contributed by atoms with E-state index in [4.69, 9.17) is 25.6 Å². The molecule has 56 heavy (non-hydrogen) atoms. The molecule has 16 heteroatoms. The number of rotatable bonds is 11. The number of nitrogens with zero attached hydrogens (tertiary/aromatic N) is 5. The van der Waals surface area contributed by atoms with E-state index < -0.39 is 47.1 Å². The second kappa shape index (κ2) is 14.7. The number of nitrogens with one attached hydrogen (secondary N) is 1. The summed E-state index contributed by atoms with van der Waals surface area (Å²) in [7, 11) is 0. The molecule has 0 spiro atoms. The van der Waals surface area contributed by atoms with E-state index in [-0.39, 0.29) is 103 Å². The van der Waals surface area contributed by atoms with Gasteiger partial charge in [0.15, 0.2) is 5.82 Å². The Morgan fingerprint density at radius 3 is 2.57 bits per heavy atom. The van der Waals surface area contributed by atoms with Crippen molar-refractivity contribution in [3.63, 3.8) is 0 Å². The molecule has 3 unspecified atom stereocenters. The molecule has 11 nitrogen and oxygen atoms in total. The number of anilines is 1. The van der Waals surface area contributed by atoms with Crippen molar-refractivity contribution in [3.8, 4) is 35.5 Å². The lowest BCUT2D eigenvalue weighted by atomic mass is 9.82. The average molecular weight is 779 g/mol. The third-order valence-electron chi connectivity index (χ3n) is 11.7. The number of ketones is 1. The average Bonchev–Trinajstić information content (AvgIpc) is 3.75. The van der Waals surface area contributed by atoms with Crippen molar-refractivity contribution in [2.24, 2.45) is 5.92 Å². The van der Waals surface area contributed by atoms with Crippen LogP contribution in [0.25, 0.3) is 32.9 Å². The first-order valence-corrected chi connectivity index (χ1v) is 18.7. The van der Waals surface area contributed by atoms with Crippen LogP contribution >= 0.6 is 0 Å². The molecule has 2 aromatic carbocycles. The van der Waals surface area contributed by atoms with Crippen LogP contribution < -0.4 is 19.7 Å². The third kappa shape index (κ3) is 6.64. The zero-order valence-electron chi connectivity index (χ0n) is 30.5. The van der Waals surface area contributed by atoms with Crippen LogP contribution in [0.15, 0.2) is 30.3 Å². The second-order valence-corrected chi connectivity index (χ2v) is 15.0. The molecule has 6 heterocycles. The molecule has 4 aliphatic heterocycles. The van der Waals surface area contributed by atoms with E-state index in [9.17, 15) is 22.8 Å². The summed E-state index contributed by atoms with van der Waals surface area (Å²) < 4.78 is 90.3. The zero-order chi connectivity index (χ0) is 39.4. The molecule has 0 amide bonds. The van der Waals surface area contributed by atoms with E-state index in [1.54, 1.807) is 31.2 Å². The highest BCUT2D eigenvalue weighted by atomic mass is 19.4. The van der Waals surface area contributed by atoms with Crippen LogP contribution in [-0.4, -0.2) is 101 Å². The van der Waals surface area contributed by atoms with Gasteiger partial charge in [0.05, 0.1) is 17.7 Å². The van der Waals surface area contributed by atoms with Gasteiger partial charge in [0, 0.05) is 48.1 Å². The summed E-state index contributed by atoms with van der Waals surface area (Å²) in [6.45, 7) is 3.77. The number of carbonyl (C=O) groups excluding carboxylic acids is 2. The van der Waals surface area contributed by atoms with E-state index in [2.05, 4.69) is 26.1 Å². The van der Waals surface area contributed by atoms with Gasteiger partial charge in [-0.05, 0) is 63.4 Å². The number of hydrogen-bond acceptors (Lipinski definition) is 11. The molecule has 0 saturated carbocycles. The number of aromatic nitrogens is 3. The largest absolute Gasteiger partial charge is 0.477 e. The van der Waals surface area contributed by atoms with Crippen molar-refractivity contribution in [1.82, 2.24) is 25.2 Å². The van der Waals surface area contributed by atoms with Crippen LogP contribution in [0.1, 0.15) is 51.0 Å². The molecule has 4 aliphatic rings. The molecule has 0 radical (unpaired) electrons. The standard InChI is InChI=1S/C40H39F5N6O5/c1-3-27-29(41)10-9-22-7-5-8-28(30(22)27)33-32(42)34-31(37(47-33)55-4-2)36(50-17-24-15-23(16-25(18-50)46-24)35(53)40(43,44)45)49-38(48-34)56-20-39-12-6-14-51(39)26(11-13-39)19-54-21-52/h1,5,7-10,21,23-26,46H,4,6,11-20H2,2H3/t23?,24?,25?,26-,39?/m1/s1. The van der Waals surface area contributed by atoms with Crippen LogP contribution in [0.3, 0.4) is 0 Å². The Balaban J connectivity index is 1.25. The Morgan fingerprint density at radius 2 is 1.86 bits per heavy atom. The van der Waals surface area contributed by atoms with Gasteiger partial charge in [0.2, 0.25) is 11.7 Å². The molecule has 0 aliphatic carbocycles. The fraction of sp³-hybridized carbons (Fsp3) is 0.475.